The normalized spacial score (nSPS) is 10.2. The van der Waals surface area contributed by atoms with Crippen molar-refractivity contribution in [1.82, 2.24) is 5.32 Å². The van der Waals surface area contributed by atoms with Crippen molar-refractivity contribution in [3.05, 3.63) is 35.9 Å². The number of rotatable bonds is 8. The molecule has 0 spiro atoms. The molecule has 0 fully saturated rings. The molecule has 0 aliphatic rings. The topological polar surface area (TPSA) is 38.3 Å². The molecule has 0 aliphatic carbocycles. The Balaban J connectivity index is 2.04. The molecule has 0 atom stereocenters. The number of amides is 1. The fraction of sp³-hybridized carbons (Fsp3) is 0.462. The van der Waals surface area contributed by atoms with Crippen LogP contribution in [-0.4, -0.2) is 31.9 Å². The minimum Gasteiger partial charge on any atom is -0.385 e. The molecule has 0 saturated heterocycles. The zero-order valence-corrected chi connectivity index (χ0v) is 11.0. The average molecular weight is 253 g/mol. The fourth-order valence-electron chi connectivity index (χ4n) is 1.33. The van der Waals surface area contributed by atoms with Crippen molar-refractivity contribution < 1.29 is 9.53 Å². The van der Waals surface area contributed by atoms with E-state index in [0.717, 1.165) is 12.2 Å². The van der Waals surface area contributed by atoms with E-state index in [1.807, 2.05) is 18.2 Å². The Morgan fingerprint density at radius 3 is 2.82 bits per heavy atom. The van der Waals surface area contributed by atoms with Gasteiger partial charge in [-0.15, -0.1) is 11.8 Å². The largest absolute Gasteiger partial charge is 0.385 e. The smallest absolute Gasteiger partial charge is 0.230 e. The molecule has 17 heavy (non-hydrogen) atoms. The van der Waals surface area contributed by atoms with Gasteiger partial charge in [-0.25, -0.2) is 0 Å². The number of nitrogens with one attached hydrogen (secondary N) is 1. The van der Waals surface area contributed by atoms with Gasteiger partial charge >= 0.3 is 0 Å². The summed E-state index contributed by atoms with van der Waals surface area (Å²) in [6.45, 7) is 1.38. The van der Waals surface area contributed by atoms with Crippen molar-refractivity contribution in [2.75, 3.05) is 26.0 Å². The van der Waals surface area contributed by atoms with Crippen LogP contribution in [-0.2, 0) is 15.3 Å². The maximum absolute atomic E-state index is 11.4. The lowest BCUT2D eigenvalue weighted by molar-refractivity contribution is -0.118. The van der Waals surface area contributed by atoms with Crippen molar-refractivity contribution in [3.8, 4) is 0 Å². The van der Waals surface area contributed by atoms with Crippen LogP contribution in [0, 0.1) is 0 Å². The number of thioether (sulfide) groups is 1. The quantitative estimate of drug-likeness (QED) is 0.721. The number of methoxy groups -OCH3 is 1. The summed E-state index contributed by atoms with van der Waals surface area (Å²) >= 11 is 1.63. The highest BCUT2D eigenvalue weighted by Gasteiger charge is 2.00. The first-order valence-electron chi connectivity index (χ1n) is 5.70. The lowest BCUT2D eigenvalue weighted by atomic mass is 10.2. The molecule has 1 amide bonds. The molecule has 0 aliphatic heterocycles. The number of carbonyl (C=O) groups is 1. The molecule has 1 aromatic rings. The van der Waals surface area contributed by atoms with Gasteiger partial charge in [0.1, 0.15) is 0 Å². The monoisotopic (exact) mass is 253 g/mol. The first-order chi connectivity index (χ1) is 8.33. The van der Waals surface area contributed by atoms with E-state index in [9.17, 15) is 4.79 Å². The molecule has 1 rings (SSSR count). The van der Waals surface area contributed by atoms with E-state index in [1.54, 1.807) is 18.9 Å². The SMILES string of the molecule is COCCCNC(=O)CSCc1ccccc1. The summed E-state index contributed by atoms with van der Waals surface area (Å²) in [6, 6.07) is 10.2. The molecule has 0 aromatic heterocycles. The summed E-state index contributed by atoms with van der Waals surface area (Å²) in [5.41, 5.74) is 1.25. The van der Waals surface area contributed by atoms with E-state index in [2.05, 4.69) is 17.4 Å². The van der Waals surface area contributed by atoms with Crippen molar-refractivity contribution in [2.45, 2.75) is 12.2 Å². The molecule has 0 bridgehead atoms. The second-order valence-corrected chi connectivity index (χ2v) is 4.66. The highest BCUT2D eigenvalue weighted by atomic mass is 32.2. The number of hydrogen-bond donors (Lipinski definition) is 1. The Hall–Kier alpha value is -1.00. The lowest BCUT2D eigenvalue weighted by Crippen LogP contribution is -2.26. The summed E-state index contributed by atoms with van der Waals surface area (Å²) in [5.74, 6) is 1.50. The molecule has 0 saturated carbocycles. The van der Waals surface area contributed by atoms with E-state index in [0.29, 0.717) is 18.9 Å². The standard InChI is InChI=1S/C13H19NO2S/c1-16-9-5-8-14-13(15)11-17-10-12-6-3-2-4-7-12/h2-4,6-7H,5,8-11H2,1H3,(H,14,15). The Labute approximate surface area is 107 Å². The molecular formula is C13H19NO2S. The zero-order valence-electron chi connectivity index (χ0n) is 10.1. The van der Waals surface area contributed by atoms with Crippen LogP contribution in [0.1, 0.15) is 12.0 Å². The molecule has 0 heterocycles. The summed E-state index contributed by atoms with van der Waals surface area (Å²) in [7, 11) is 1.66. The van der Waals surface area contributed by atoms with Crippen LogP contribution in [0.15, 0.2) is 30.3 Å². The van der Waals surface area contributed by atoms with Gasteiger partial charge < -0.3 is 10.1 Å². The van der Waals surface area contributed by atoms with Crippen LogP contribution in [0.5, 0.6) is 0 Å². The van der Waals surface area contributed by atoms with Crippen LogP contribution in [0.3, 0.4) is 0 Å². The molecule has 1 N–H and O–H groups in total. The Morgan fingerprint density at radius 1 is 1.35 bits per heavy atom. The predicted octanol–water partition coefficient (Wildman–Crippen LogP) is 2.07. The van der Waals surface area contributed by atoms with Crippen LogP contribution in [0.2, 0.25) is 0 Å². The molecule has 94 valence electrons. The van der Waals surface area contributed by atoms with Gasteiger partial charge in [-0.2, -0.15) is 0 Å². The Kier molecular flexibility index (Phi) is 7.51. The first-order valence-corrected chi connectivity index (χ1v) is 6.85. The van der Waals surface area contributed by atoms with Gasteiger partial charge in [-0.1, -0.05) is 30.3 Å². The van der Waals surface area contributed by atoms with Crippen molar-refractivity contribution in [2.24, 2.45) is 0 Å². The van der Waals surface area contributed by atoms with E-state index < -0.39 is 0 Å². The van der Waals surface area contributed by atoms with Gasteiger partial charge in [0.2, 0.25) is 5.91 Å². The number of ether oxygens (including phenoxy) is 1. The second-order valence-electron chi connectivity index (χ2n) is 3.67. The molecular weight excluding hydrogens is 234 g/mol. The van der Waals surface area contributed by atoms with Gasteiger partial charge in [0.25, 0.3) is 0 Å². The third-order valence-corrected chi connectivity index (χ3v) is 3.20. The number of hydrogen-bond acceptors (Lipinski definition) is 3. The Bertz CT molecular complexity index is 316. The molecule has 1 aromatic carbocycles. The maximum Gasteiger partial charge on any atom is 0.230 e. The minimum atomic E-state index is 0.0991. The van der Waals surface area contributed by atoms with E-state index in [1.165, 1.54) is 5.56 Å². The minimum absolute atomic E-state index is 0.0991. The van der Waals surface area contributed by atoms with Crippen LogP contribution >= 0.6 is 11.8 Å². The number of benzene rings is 1. The second kappa shape index (κ2) is 9.07. The summed E-state index contributed by atoms with van der Waals surface area (Å²) < 4.78 is 4.91. The summed E-state index contributed by atoms with van der Waals surface area (Å²) in [4.78, 5) is 11.4. The highest BCUT2D eigenvalue weighted by molar-refractivity contribution is 7.99. The van der Waals surface area contributed by atoms with Gasteiger partial charge in [0.15, 0.2) is 0 Å². The highest BCUT2D eigenvalue weighted by Crippen LogP contribution is 2.10. The molecule has 0 radical (unpaired) electrons. The van der Waals surface area contributed by atoms with Gasteiger partial charge in [0, 0.05) is 26.0 Å². The average Bonchev–Trinajstić information content (AvgIpc) is 2.36. The lowest BCUT2D eigenvalue weighted by Gasteiger charge is -2.04. The third kappa shape index (κ3) is 7.02. The van der Waals surface area contributed by atoms with E-state index >= 15 is 0 Å². The number of carbonyl (C=O) groups excluding carboxylic acids is 1. The van der Waals surface area contributed by atoms with E-state index in [-0.39, 0.29) is 5.91 Å². The predicted molar refractivity (Wildman–Crippen MR) is 72.1 cm³/mol. The van der Waals surface area contributed by atoms with E-state index in [4.69, 9.17) is 4.74 Å². The van der Waals surface area contributed by atoms with Crippen molar-refractivity contribution in [1.29, 1.82) is 0 Å². The van der Waals surface area contributed by atoms with Crippen LogP contribution in [0.4, 0.5) is 0 Å². The maximum atomic E-state index is 11.4. The van der Waals surface area contributed by atoms with Gasteiger partial charge in [0.05, 0.1) is 5.75 Å². The third-order valence-electron chi connectivity index (χ3n) is 2.19. The molecule has 0 unspecified atom stereocenters. The molecule has 4 heteroatoms. The molecule has 3 nitrogen and oxygen atoms in total. The van der Waals surface area contributed by atoms with Gasteiger partial charge in [-0.3, -0.25) is 4.79 Å². The Morgan fingerprint density at radius 2 is 2.12 bits per heavy atom. The first kappa shape index (κ1) is 14.1. The van der Waals surface area contributed by atoms with Gasteiger partial charge in [-0.05, 0) is 12.0 Å². The zero-order chi connectivity index (χ0) is 12.3. The van der Waals surface area contributed by atoms with Crippen LogP contribution in [0.25, 0.3) is 0 Å². The van der Waals surface area contributed by atoms with Crippen LogP contribution < -0.4 is 5.32 Å². The van der Waals surface area contributed by atoms with Crippen molar-refractivity contribution in [3.63, 3.8) is 0 Å². The summed E-state index contributed by atoms with van der Waals surface area (Å²) in [6.07, 6.45) is 0.867. The van der Waals surface area contributed by atoms with Crippen molar-refractivity contribution >= 4 is 17.7 Å². The summed E-state index contributed by atoms with van der Waals surface area (Å²) in [5, 5.41) is 2.86. The fourth-order valence-corrected chi connectivity index (χ4v) is 2.15.